The molecule has 2 aromatic carbocycles. The van der Waals surface area contributed by atoms with E-state index in [1.165, 1.54) is 12.1 Å². The molecule has 4 heteroatoms. The molecular formula is C15H13BrFNO. The van der Waals surface area contributed by atoms with Crippen molar-refractivity contribution >= 4 is 21.8 Å². The molecule has 1 amide bonds. The number of amides is 1. The molecule has 0 unspecified atom stereocenters. The van der Waals surface area contributed by atoms with E-state index in [-0.39, 0.29) is 11.7 Å². The van der Waals surface area contributed by atoms with E-state index in [1.807, 2.05) is 19.1 Å². The minimum absolute atomic E-state index is 0.164. The summed E-state index contributed by atoms with van der Waals surface area (Å²) in [6, 6.07) is 11.7. The van der Waals surface area contributed by atoms with Crippen molar-refractivity contribution in [1.82, 2.24) is 5.32 Å². The first-order chi connectivity index (χ1) is 9.06. The third kappa shape index (κ3) is 3.64. The van der Waals surface area contributed by atoms with Gasteiger partial charge in [0.25, 0.3) is 5.91 Å². The molecule has 1 N–H and O–H groups in total. The van der Waals surface area contributed by atoms with E-state index < -0.39 is 0 Å². The van der Waals surface area contributed by atoms with E-state index in [4.69, 9.17) is 0 Å². The van der Waals surface area contributed by atoms with Crippen molar-refractivity contribution in [2.75, 3.05) is 0 Å². The maximum absolute atomic E-state index is 13.0. The summed E-state index contributed by atoms with van der Waals surface area (Å²) >= 11 is 3.34. The Labute approximate surface area is 119 Å². The first-order valence-corrected chi connectivity index (χ1v) is 6.64. The molecule has 2 aromatic rings. The Morgan fingerprint density at radius 3 is 2.79 bits per heavy atom. The van der Waals surface area contributed by atoms with Crippen LogP contribution in [-0.4, -0.2) is 5.91 Å². The zero-order valence-electron chi connectivity index (χ0n) is 10.4. The summed E-state index contributed by atoms with van der Waals surface area (Å²) in [5.41, 5.74) is 2.26. The molecule has 0 aliphatic heterocycles. The molecule has 19 heavy (non-hydrogen) atoms. The summed E-state index contributed by atoms with van der Waals surface area (Å²) in [5.74, 6) is -0.464. The van der Waals surface area contributed by atoms with E-state index in [0.717, 1.165) is 15.6 Å². The largest absolute Gasteiger partial charge is 0.348 e. The van der Waals surface area contributed by atoms with Crippen LogP contribution in [0.2, 0.25) is 0 Å². The molecule has 0 bridgehead atoms. The first kappa shape index (κ1) is 13.7. The highest BCUT2D eigenvalue weighted by atomic mass is 79.9. The molecule has 0 heterocycles. The topological polar surface area (TPSA) is 29.1 Å². The Bertz CT molecular complexity index is 613. The molecule has 0 saturated heterocycles. The standard InChI is InChI=1S/C15H13BrFNO/c1-10-5-6-12(16)8-14(10)15(19)18-9-11-3-2-4-13(17)7-11/h2-8H,9H2,1H3,(H,18,19). The molecule has 2 rings (SSSR count). The molecule has 0 saturated carbocycles. The van der Waals surface area contributed by atoms with Crippen LogP contribution < -0.4 is 5.32 Å². The van der Waals surface area contributed by atoms with Crippen LogP contribution in [0.3, 0.4) is 0 Å². The first-order valence-electron chi connectivity index (χ1n) is 5.85. The summed E-state index contributed by atoms with van der Waals surface area (Å²) in [4.78, 5) is 12.1. The van der Waals surface area contributed by atoms with Crippen molar-refractivity contribution in [3.63, 3.8) is 0 Å². The zero-order valence-corrected chi connectivity index (χ0v) is 12.0. The number of halogens is 2. The Balaban J connectivity index is 2.07. The Morgan fingerprint density at radius 1 is 1.26 bits per heavy atom. The molecule has 98 valence electrons. The van der Waals surface area contributed by atoms with Crippen LogP contribution in [0.4, 0.5) is 4.39 Å². The van der Waals surface area contributed by atoms with Crippen LogP contribution in [0.5, 0.6) is 0 Å². The highest BCUT2D eigenvalue weighted by molar-refractivity contribution is 9.10. The molecule has 0 fully saturated rings. The number of hydrogen-bond acceptors (Lipinski definition) is 1. The summed E-state index contributed by atoms with van der Waals surface area (Å²) in [6.07, 6.45) is 0. The SMILES string of the molecule is Cc1ccc(Br)cc1C(=O)NCc1cccc(F)c1. The van der Waals surface area contributed by atoms with Crippen molar-refractivity contribution in [3.05, 3.63) is 69.4 Å². The predicted molar refractivity (Wildman–Crippen MR) is 76.4 cm³/mol. The van der Waals surface area contributed by atoms with Gasteiger partial charge in [-0.15, -0.1) is 0 Å². The monoisotopic (exact) mass is 321 g/mol. The Kier molecular flexibility index (Phi) is 4.32. The van der Waals surface area contributed by atoms with Gasteiger partial charge in [-0.3, -0.25) is 4.79 Å². The number of carbonyl (C=O) groups excluding carboxylic acids is 1. The zero-order chi connectivity index (χ0) is 13.8. The lowest BCUT2D eigenvalue weighted by atomic mass is 10.1. The highest BCUT2D eigenvalue weighted by Gasteiger charge is 2.09. The van der Waals surface area contributed by atoms with Gasteiger partial charge >= 0.3 is 0 Å². The fourth-order valence-electron chi connectivity index (χ4n) is 1.76. The summed E-state index contributed by atoms with van der Waals surface area (Å²) < 4.78 is 13.9. The lowest BCUT2D eigenvalue weighted by Crippen LogP contribution is -2.23. The van der Waals surface area contributed by atoms with Crippen LogP contribution in [0.25, 0.3) is 0 Å². The summed E-state index contributed by atoms with van der Waals surface area (Å²) in [6.45, 7) is 2.19. The molecule has 0 aliphatic rings. The normalized spacial score (nSPS) is 10.3. The second kappa shape index (κ2) is 5.97. The molecule has 0 atom stereocenters. The van der Waals surface area contributed by atoms with Gasteiger partial charge in [-0.05, 0) is 42.3 Å². The second-order valence-electron chi connectivity index (χ2n) is 4.27. The van der Waals surface area contributed by atoms with E-state index in [2.05, 4.69) is 21.2 Å². The van der Waals surface area contributed by atoms with Gasteiger partial charge in [0.05, 0.1) is 0 Å². The second-order valence-corrected chi connectivity index (χ2v) is 5.19. The van der Waals surface area contributed by atoms with Crippen LogP contribution in [0.1, 0.15) is 21.5 Å². The Morgan fingerprint density at radius 2 is 2.05 bits per heavy atom. The van der Waals surface area contributed by atoms with Gasteiger partial charge in [-0.25, -0.2) is 4.39 Å². The maximum atomic E-state index is 13.0. The number of aryl methyl sites for hydroxylation is 1. The molecular weight excluding hydrogens is 309 g/mol. The van der Waals surface area contributed by atoms with Gasteiger partial charge in [-0.2, -0.15) is 0 Å². The lowest BCUT2D eigenvalue weighted by Gasteiger charge is -2.08. The van der Waals surface area contributed by atoms with Crippen molar-refractivity contribution in [1.29, 1.82) is 0 Å². The van der Waals surface area contributed by atoms with Crippen LogP contribution in [0, 0.1) is 12.7 Å². The van der Waals surface area contributed by atoms with Crippen molar-refractivity contribution in [2.24, 2.45) is 0 Å². The summed E-state index contributed by atoms with van der Waals surface area (Å²) in [5, 5.41) is 2.78. The smallest absolute Gasteiger partial charge is 0.251 e. The number of rotatable bonds is 3. The van der Waals surface area contributed by atoms with Gasteiger partial charge in [0.2, 0.25) is 0 Å². The number of nitrogens with one attached hydrogen (secondary N) is 1. The number of carbonyl (C=O) groups is 1. The predicted octanol–water partition coefficient (Wildman–Crippen LogP) is 3.83. The maximum Gasteiger partial charge on any atom is 0.251 e. The van der Waals surface area contributed by atoms with Crippen LogP contribution in [-0.2, 0) is 6.54 Å². The van der Waals surface area contributed by atoms with Gasteiger partial charge < -0.3 is 5.32 Å². The van der Waals surface area contributed by atoms with Crippen molar-refractivity contribution < 1.29 is 9.18 Å². The Hall–Kier alpha value is -1.68. The van der Waals surface area contributed by atoms with Gasteiger partial charge in [-0.1, -0.05) is 34.1 Å². The molecule has 0 aliphatic carbocycles. The highest BCUT2D eigenvalue weighted by Crippen LogP contribution is 2.16. The van der Waals surface area contributed by atoms with Gasteiger partial charge in [0, 0.05) is 16.6 Å². The van der Waals surface area contributed by atoms with E-state index >= 15 is 0 Å². The van der Waals surface area contributed by atoms with Gasteiger partial charge in [0.1, 0.15) is 5.82 Å². The lowest BCUT2D eigenvalue weighted by molar-refractivity contribution is 0.0950. The third-order valence-corrected chi connectivity index (χ3v) is 3.28. The van der Waals surface area contributed by atoms with E-state index in [9.17, 15) is 9.18 Å². The number of benzene rings is 2. The fraction of sp³-hybridized carbons (Fsp3) is 0.133. The van der Waals surface area contributed by atoms with Gasteiger partial charge in [0.15, 0.2) is 0 Å². The number of hydrogen-bond donors (Lipinski definition) is 1. The van der Waals surface area contributed by atoms with Crippen LogP contribution >= 0.6 is 15.9 Å². The van der Waals surface area contributed by atoms with Crippen molar-refractivity contribution in [3.8, 4) is 0 Å². The molecule has 0 spiro atoms. The van der Waals surface area contributed by atoms with E-state index in [1.54, 1.807) is 18.2 Å². The minimum atomic E-state index is -0.301. The quantitative estimate of drug-likeness (QED) is 0.914. The summed E-state index contributed by atoms with van der Waals surface area (Å²) in [7, 11) is 0. The molecule has 0 radical (unpaired) electrons. The average Bonchev–Trinajstić information content (AvgIpc) is 2.39. The van der Waals surface area contributed by atoms with Crippen LogP contribution in [0.15, 0.2) is 46.9 Å². The average molecular weight is 322 g/mol. The minimum Gasteiger partial charge on any atom is -0.348 e. The molecule has 0 aromatic heterocycles. The van der Waals surface area contributed by atoms with Crippen molar-refractivity contribution in [2.45, 2.75) is 13.5 Å². The fourth-order valence-corrected chi connectivity index (χ4v) is 2.12. The molecule has 2 nitrogen and oxygen atoms in total. The van der Waals surface area contributed by atoms with E-state index in [0.29, 0.717) is 12.1 Å². The third-order valence-electron chi connectivity index (χ3n) is 2.79.